The van der Waals surface area contributed by atoms with E-state index in [0.717, 1.165) is 36.5 Å². The smallest absolute Gasteiger partial charge is 0.338 e. The molecule has 0 spiro atoms. The van der Waals surface area contributed by atoms with Crippen molar-refractivity contribution in [3.63, 3.8) is 0 Å². The number of anilines is 1. The average Bonchev–Trinajstić information content (AvgIpc) is 2.40. The van der Waals surface area contributed by atoms with Gasteiger partial charge in [-0.15, -0.1) is 0 Å². The van der Waals surface area contributed by atoms with Crippen LogP contribution in [0.5, 0.6) is 0 Å². The summed E-state index contributed by atoms with van der Waals surface area (Å²) in [4.78, 5) is 13.8. The van der Waals surface area contributed by atoms with Gasteiger partial charge in [0.25, 0.3) is 0 Å². The third-order valence-electron chi connectivity index (χ3n) is 2.81. The fourth-order valence-corrected chi connectivity index (χ4v) is 2.54. The number of carbonyl (C=O) groups excluding carboxylic acids is 1. The predicted molar refractivity (Wildman–Crippen MR) is 73.1 cm³/mol. The summed E-state index contributed by atoms with van der Waals surface area (Å²) in [5, 5.41) is 0. The van der Waals surface area contributed by atoms with Crippen molar-refractivity contribution in [2.45, 2.75) is 6.92 Å². The highest BCUT2D eigenvalue weighted by atomic mass is 79.9. The number of nitrogens with zero attached hydrogens (tertiary/aromatic N) is 1. The molecule has 18 heavy (non-hydrogen) atoms. The summed E-state index contributed by atoms with van der Waals surface area (Å²) in [6.07, 6.45) is 0. The van der Waals surface area contributed by atoms with E-state index in [1.165, 1.54) is 0 Å². The van der Waals surface area contributed by atoms with E-state index in [9.17, 15) is 4.79 Å². The molecule has 1 aromatic rings. The van der Waals surface area contributed by atoms with Crippen LogP contribution in [0.1, 0.15) is 17.3 Å². The van der Waals surface area contributed by atoms with Gasteiger partial charge in [0.2, 0.25) is 0 Å². The fraction of sp³-hybridized carbons (Fsp3) is 0.462. The maximum atomic E-state index is 11.6. The lowest BCUT2D eigenvalue weighted by Crippen LogP contribution is -2.36. The van der Waals surface area contributed by atoms with Gasteiger partial charge in [-0.25, -0.2) is 4.79 Å². The molecule has 0 aromatic heterocycles. The second-order valence-corrected chi connectivity index (χ2v) is 4.84. The molecular weight excluding hydrogens is 298 g/mol. The van der Waals surface area contributed by atoms with E-state index in [-0.39, 0.29) is 5.97 Å². The molecule has 1 saturated heterocycles. The van der Waals surface area contributed by atoms with Crippen LogP contribution in [-0.2, 0) is 9.47 Å². The number of hydrogen-bond acceptors (Lipinski definition) is 4. The van der Waals surface area contributed by atoms with Gasteiger partial charge in [-0.05, 0) is 41.1 Å². The molecule has 2 rings (SSSR count). The van der Waals surface area contributed by atoms with Gasteiger partial charge in [0.1, 0.15) is 0 Å². The quantitative estimate of drug-likeness (QED) is 0.804. The molecule has 0 radical (unpaired) electrons. The molecule has 0 saturated carbocycles. The molecule has 1 aliphatic rings. The first-order chi connectivity index (χ1) is 8.72. The molecule has 0 amide bonds. The van der Waals surface area contributed by atoms with Crippen molar-refractivity contribution in [2.24, 2.45) is 0 Å². The van der Waals surface area contributed by atoms with Crippen LogP contribution >= 0.6 is 15.9 Å². The predicted octanol–water partition coefficient (Wildman–Crippen LogP) is 2.46. The molecule has 1 aromatic carbocycles. The van der Waals surface area contributed by atoms with Gasteiger partial charge in [0.15, 0.2) is 0 Å². The summed E-state index contributed by atoms with van der Waals surface area (Å²) < 4.78 is 11.2. The lowest BCUT2D eigenvalue weighted by atomic mass is 10.2. The van der Waals surface area contributed by atoms with Crippen molar-refractivity contribution in [2.75, 3.05) is 37.8 Å². The fourth-order valence-electron chi connectivity index (χ4n) is 1.91. The maximum Gasteiger partial charge on any atom is 0.338 e. The van der Waals surface area contributed by atoms with Gasteiger partial charge in [0.05, 0.1) is 31.1 Å². The summed E-state index contributed by atoms with van der Waals surface area (Å²) in [7, 11) is 0. The molecular formula is C13H16BrNO3. The van der Waals surface area contributed by atoms with Crippen molar-refractivity contribution in [3.8, 4) is 0 Å². The van der Waals surface area contributed by atoms with Crippen LogP contribution in [0.15, 0.2) is 22.7 Å². The van der Waals surface area contributed by atoms with Crippen LogP contribution in [0.2, 0.25) is 0 Å². The van der Waals surface area contributed by atoms with E-state index >= 15 is 0 Å². The summed E-state index contributed by atoms with van der Waals surface area (Å²) in [5.74, 6) is -0.285. The standard InChI is InChI=1S/C13H16BrNO3/c1-2-18-13(16)10-3-4-12(11(14)9-10)15-5-7-17-8-6-15/h3-4,9H,2,5-8H2,1H3. The minimum Gasteiger partial charge on any atom is -0.462 e. The van der Waals surface area contributed by atoms with Crippen LogP contribution in [0.3, 0.4) is 0 Å². The van der Waals surface area contributed by atoms with E-state index in [4.69, 9.17) is 9.47 Å². The number of ether oxygens (including phenoxy) is 2. The van der Waals surface area contributed by atoms with Gasteiger partial charge < -0.3 is 14.4 Å². The van der Waals surface area contributed by atoms with E-state index in [2.05, 4.69) is 20.8 Å². The van der Waals surface area contributed by atoms with Crippen molar-refractivity contribution >= 4 is 27.6 Å². The largest absolute Gasteiger partial charge is 0.462 e. The summed E-state index contributed by atoms with van der Waals surface area (Å²) in [6, 6.07) is 5.55. The summed E-state index contributed by atoms with van der Waals surface area (Å²) in [5.41, 5.74) is 1.66. The Hall–Kier alpha value is -1.07. The van der Waals surface area contributed by atoms with Crippen LogP contribution < -0.4 is 4.90 Å². The Morgan fingerprint density at radius 2 is 2.17 bits per heavy atom. The second-order valence-electron chi connectivity index (χ2n) is 3.99. The minimum absolute atomic E-state index is 0.285. The average molecular weight is 314 g/mol. The van der Waals surface area contributed by atoms with Crippen molar-refractivity contribution < 1.29 is 14.3 Å². The topological polar surface area (TPSA) is 38.8 Å². The minimum atomic E-state index is -0.285. The summed E-state index contributed by atoms with van der Waals surface area (Å²) >= 11 is 3.51. The van der Waals surface area contributed by atoms with Gasteiger partial charge in [-0.1, -0.05) is 0 Å². The van der Waals surface area contributed by atoms with Crippen LogP contribution in [0.25, 0.3) is 0 Å². The molecule has 0 unspecified atom stereocenters. The molecule has 0 aliphatic carbocycles. The highest BCUT2D eigenvalue weighted by molar-refractivity contribution is 9.10. The lowest BCUT2D eigenvalue weighted by Gasteiger charge is -2.29. The third-order valence-corrected chi connectivity index (χ3v) is 3.45. The highest BCUT2D eigenvalue weighted by Crippen LogP contribution is 2.28. The Bertz CT molecular complexity index is 430. The Morgan fingerprint density at radius 1 is 1.44 bits per heavy atom. The number of benzene rings is 1. The number of hydrogen-bond donors (Lipinski definition) is 0. The van der Waals surface area contributed by atoms with Gasteiger partial charge >= 0.3 is 5.97 Å². The van der Waals surface area contributed by atoms with Gasteiger partial charge in [-0.3, -0.25) is 0 Å². The second kappa shape index (κ2) is 6.20. The van der Waals surface area contributed by atoms with E-state index in [0.29, 0.717) is 12.2 Å². The molecule has 0 atom stereocenters. The van der Waals surface area contributed by atoms with E-state index in [1.807, 2.05) is 12.1 Å². The number of esters is 1. The monoisotopic (exact) mass is 313 g/mol. The Morgan fingerprint density at radius 3 is 2.78 bits per heavy atom. The molecule has 4 nitrogen and oxygen atoms in total. The van der Waals surface area contributed by atoms with Crippen molar-refractivity contribution in [3.05, 3.63) is 28.2 Å². The van der Waals surface area contributed by atoms with Crippen LogP contribution in [0.4, 0.5) is 5.69 Å². The molecule has 1 aliphatic heterocycles. The number of carbonyl (C=O) groups is 1. The van der Waals surface area contributed by atoms with Gasteiger partial charge in [0, 0.05) is 17.6 Å². The van der Waals surface area contributed by atoms with E-state index < -0.39 is 0 Å². The zero-order chi connectivity index (χ0) is 13.0. The Kier molecular flexibility index (Phi) is 4.60. The van der Waals surface area contributed by atoms with Crippen LogP contribution in [0, 0.1) is 0 Å². The zero-order valence-corrected chi connectivity index (χ0v) is 11.9. The maximum absolute atomic E-state index is 11.6. The molecule has 1 heterocycles. The van der Waals surface area contributed by atoms with E-state index in [1.54, 1.807) is 13.0 Å². The molecule has 98 valence electrons. The SMILES string of the molecule is CCOC(=O)c1ccc(N2CCOCC2)c(Br)c1. The molecule has 0 bridgehead atoms. The summed E-state index contributed by atoms with van der Waals surface area (Å²) in [6.45, 7) is 5.42. The zero-order valence-electron chi connectivity index (χ0n) is 10.3. The normalized spacial score (nSPS) is 15.6. The first-order valence-corrected chi connectivity index (χ1v) is 6.81. The number of morpholine rings is 1. The molecule has 0 N–H and O–H groups in total. The van der Waals surface area contributed by atoms with Crippen molar-refractivity contribution in [1.29, 1.82) is 0 Å². The van der Waals surface area contributed by atoms with Gasteiger partial charge in [-0.2, -0.15) is 0 Å². The molecule has 1 fully saturated rings. The number of rotatable bonds is 3. The first-order valence-electron chi connectivity index (χ1n) is 6.01. The molecule has 5 heteroatoms. The lowest BCUT2D eigenvalue weighted by molar-refractivity contribution is 0.0526. The number of halogens is 1. The Balaban J connectivity index is 2.16. The third kappa shape index (κ3) is 3.03. The first kappa shape index (κ1) is 13.4. The Labute approximate surface area is 115 Å². The van der Waals surface area contributed by atoms with Crippen LogP contribution in [-0.4, -0.2) is 38.9 Å². The highest BCUT2D eigenvalue weighted by Gasteiger charge is 2.15. The van der Waals surface area contributed by atoms with Crippen molar-refractivity contribution in [1.82, 2.24) is 0 Å².